The van der Waals surface area contributed by atoms with Gasteiger partial charge in [0.15, 0.2) is 0 Å². The molecule has 3 aromatic carbocycles. The lowest BCUT2D eigenvalue weighted by Gasteiger charge is -2.24. The lowest BCUT2D eigenvalue weighted by atomic mass is 10.2. The summed E-state index contributed by atoms with van der Waals surface area (Å²) < 4.78 is 49.5. The fraction of sp³-hybridized carbons (Fsp3) is 0.208. The summed E-state index contributed by atoms with van der Waals surface area (Å²) in [5.41, 5.74) is 1.81. The lowest BCUT2D eigenvalue weighted by molar-refractivity contribution is -0.119. The number of carbonyl (C=O) groups excluding carboxylic acids is 1. The Balaban J connectivity index is 1.58. The van der Waals surface area contributed by atoms with E-state index in [1.165, 1.54) is 31.4 Å². The van der Waals surface area contributed by atoms with Crippen molar-refractivity contribution in [2.24, 2.45) is 0 Å². The van der Waals surface area contributed by atoms with E-state index < -0.39 is 22.5 Å². The molecule has 180 valence electrons. The Bertz CT molecular complexity index is 1240. The predicted molar refractivity (Wildman–Crippen MR) is 129 cm³/mol. The van der Waals surface area contributed by atoms with E-state index in [1.54, 1.807) is 42.5 Å². The minimum absolute atomic E-state index is 0.176. The Morgan fingerprint density at radius 2 is 1.68 bits per heavy atom. The average molecular weight is 507 g/mol. The molecule has 0 aliphatic carbocycles. The molecule has 0 bridgehead atoms. The predicted octanol–water partition coefficient (Wildman–Crippen LogP) is 4.15. The number of sulfonamides is 1. The van der Waals surface area contributed by atoms with Crippen molar-refractivity contribution in [3.8, 4) is 11.5 Å². The molecule has 0 unspecified atom stereocenters. The molecule has 3 aromatic rings. The highest BCUT2D eigenvalue weighted by Gasteiger charge is 2.24. The summed E-state index contributed by atoms with van der Waals surface area (Å²) >= 11 is 6.02. The monoisotopic (exact) mass is 506 g/mol. The third-order valence-electron chi connectivity index (χ3n) is 4.83. The Labute approximate surface area is 203 Å². The summed E-state index contributed by atoms with van der Waals surface area (Å²) in [7, 11) is -2.38. The zero-order chi connectivity index (χ0) is 24.7. The molecule has 7 nitrogen and oxygen atoms in total. The van der Waals surface area contributed by atoms with Crippen LogP contribution >= 0.6 is 11.6 Å². The zero-order valence-corrected chi connectivity index (χ0v) is 20.2. The van der Waals surface area contributed by atoms with Crippen LogP contribution in [0.15, 0.2) is 66.7 Å². The normalized spacial score (nSPS) is 11.1. The summed E-state index contributed by atoms with van der Waals surface area (Å²) in [6.45, 7) is 0.0560. The Morgan fingerprint density at radius 3 is 2.29 bits per heavy atom. The molecule has 10 heteroatoms. The summed E-state index contributed by atoms with van der Waals surface area (Å²) in [5, 5.41) is 3.02. The van der Waals surface area contributed by atoms with Crippen molar-refractivity contribution in [2.75, 3.05) is 24.2 Å². The second-order valence-corrected chi connectivity index (χ2v) is 9.76. The van der Waals surface area contributed by atoms with E-state index in [1.807, 2.05) is 0 Å². The van der Waals surface area contributed by atoms with Crippen molar-refractivity contribution >= 4 is 33.2 Å². The smallest absolute Gasteiger partial charge is 0.241 e. The number of methoxy groups -OCH3 is 1. The average Bonchev–Trinajstić information content (AvgIpc) is 2.81. The van der Waals surface area contributed by atoms with Crippen LogP contribution in [0, 0.1) is 5.82 Å². The van der Waals surface area contributed by atoms with Gasteiger partial charge in [0.2, 0.25) is 15.9 Å². The molecule has 0 aliphatic heterocycles. The van der Waals surface area contributed by atoms with Gasteiger partial charge in [-0.25, -0.2) is 12.8 Å². The number of nitrogens with one attached hydrogen (secondary N) is 1. The van der Waals surface area contributed by atoms with Crippen molar-refractivity contribution in [3.63, 3.8) is 0 Å². The number of carbonyl (C=O) groups is 1. The summed E-state index contributed by atoms with van der Waals surface area (Å²) in [5.74, 6) is 0.0974. The molecule has 0 saturated heterocycles. The summed E-state index contributed by atoms with van der Waals surface area (Å²) in [6.07, 6.45) is 1.01. The highest BCUT2D eigenvalue weighted by Crippen LogP contribution is 2.32. The maximum atomic E-state index is 13.0. The van der Waals surface area contributed by atoms with Gasteiger partial charge < -0.3 is 14.8 Å². The first-order valence-electron chi connectivity index (χ1n) is 10.2. The Hall–Kier alpha value is -3.30. The van der Waals surface area contributed by atoms with Crippen LogP contribution in [0.5, 0.6) is 11.5 Å². The molecule has 0 atom stereocenters. The molecule has 1 N–H and O–H groups in total. The number of nitrogens with zero attached hydrogens (tertiary/aromatic N) is 1. The molecule has 0 aliphatic rings. The topological polar surface area (TPSA) is 84.9 Å². The molecule has 1 amide bonds. The van der Waals surface area contributed by atoms with E-state index >= 15 is 0 Å². The molecule has 0 aromatic heterocycles. The molecular formula is C24H24ClFN2O5S. The second-order valence-electron chi connectivity index (χ2n) is 7.42. The van der Waals surface area contributed by atoms with Crippen LogP contribution in [-0.4, -0.2) is 34.2 Å². The number of rotatable bonds is 10. The van der Waals surface area contributed by atoms with Crippen LogP contribution in [0.1, 0.15) is 11.1 Å². The maximum absolute atomic E-state index is 13.0. The first kappa shape index (κ1) is 25.3. The van der Waals surface area contributed by atoms with Crippen molar-refractivity contribution in [2.45, 2.75) is 13.2 Å². The first-order valence-corrected chi connectivity index (χ1v) is 12.4. The number of hydrogen-bond donors (Lipinski definition) is 1. The first-order chi connectivity index (χ1) is 16.2. The van der Waals surface area contributed by atoms with E-state index in [4.69, 9.17) is 21.1 Å². The van der Waals surface area contributed by atoms with Gasteiger partial charge in [-0.15, -0.1) is 0 Å². The standard InChI is InChI=1S/C24H24ClFN2O5S/c1-32-23-12-7-19(25)13-22(23)28(34(2,30)31)15-24(29)27-14-17-5-10-21(11-6-17)33-16-18-3-8-20(26)9-4-18/h3-13H,14-16H2,1-2H3,(H,27,29). The molecule has 3 rings (SSSR count). The highest BCUT2D eigenvalue weighted by atomic mass is 35.5. The van der Waals surface area contributed by atoms with Gasteiger partial charge in [-0.05, 0) is 53.6 Å². The molecular weight excluding hydrogens is 483 g/mol. The number of ether oxygens (including phenoxy) is 2. The van der Waals surface area contributed by atoms with E-state index in [0.717, 1.165) is 21.7 Å². The zero-order valence-electron chi connectivity index (χ0n) is 18.6. The number of benzene rings is 3. The summed E-state index contributed by atoms with van der Waals surface area (Å²) in [4.78, 5) is 12.5. The minimum Gasteiger partial charge on any atom is -0.495 e. The third kappa shape index (κ3) is 7.10. The second kappa shape index (κ2) is 11.2. The van der Waals surface area contributed by atoms with Gasteiger partial charge in [-0.3, -0.25) is 9.10 Å². The van der Waals surface area contributed by atoms with Crippen LogP contribution in [-0.2, 0) is 28.0 Å². The van der Waals surface area contributed by atoms with Gasteiger partial charge in [-0.2, -0.15) is 0 Å². The third-order valence-corrected chi connectivity index (χ3v) is 6.19. The van der Waals surface area contributed by atoms with Gasteiger partial charge in [0.05, 0.1) is 19.1 Å². The van der Waals surface area contributed by atoms with Crippen LogP contribution in [0.3, 0.4) is 0 Å². The van der Waals surface area contributed by atoms with Gasteiger partial charge >= 0.3 is 0 Å². The van der Waals surface area contributed by atoms with Gasteiger partial charge in [0, 0.05) is 11.6 Å². The Kier molecular flexibility index (Phi) is 8.36. The molecule has 0 heterocycles. The number of hydrogen-bond acceptors (Lipinski definition) is 5. The number of halogens is 2. The fourth-order valence-electron chi connectivity index (χ4n) is 3.08. The quantitative estimate of drug-likeness (QED) is 0.446. The van der Waals surface area contributed by atoms with Crippen molar-refractivity contribution in [3.05, 3.63) is 88.7 Å². The van der Waals surface area contributed by atoms with Gasteiger partial charge in [-0.1, -0.05) is 35.9 Å². The van der Waals surface area contributed by atoms with Gasteiger partial charge in [0.1, 0.15) is 30.5 Å². The highest BCUT2D eigenvalue weighted by molar-refractivity contribution is 7.92. The summed E-state index contributed by atoms with van der Waals surface area (Å²) in [6, 6.07) is 17.7. The molecule has 0 spiro atoms. The number of anilines is 1. The van der Waals surface area contributed by atoms with Crippen LogP contribution < -0.4 is 19.1 Å². The van der Waals surface area contributed by atoms with Crippen LogP contribution in [0.2, 0.25) is 5.02 Å². The minimum atomic E-state index is -3.79. The SMILES string of the molecule is COc1ccc(Cl)cc1N(CC(=O)NCc1ccc(OCc2ccc(F)cc2)cc1)S(C)(=O)=O. The largest absolute Gasteiger partial charge is 0.495 e. The van der Waals surface area contributed by atoms with Crippen LogP contribution in [0.25, 0.3) is 0 Å². The van der Waals surface area contributed by atoms with Crippen molar-refractivity contribution < 1.29 is 27.1 Å². The molecule has 0 fully saturated rings. The maximum Gasteiger partial charge on any atom is 0.241 e. The lowest BCUT2D eigenvalue weighted by Crippen LogP contribution is -2.40. The van der Waals surface area contributed by atoms with Crippen molar-refractivity contribution in [1.29, 1.82) is 0 Å². The van der Waals surface area contributed by atoms with Gasteiger partial charge in [0.25, 0.3) is 0 Å². The van der Waals surface area contributed by atoms with E-state index in [2.05, 4.69) is 5.32 Å². The van der Waals surface area contributed by atoms with Crippen molar-refractivity contribution in [1.82, 2.24) is 5.32 Å². The van der Waals surface area contributed by atoms with E-state index in [-0.39, 0.29) is 23.8 Å². The molecule has 0 radical (unpaired) electrons. The molecule has 0 saturated carbocycles. The molecule has 34 heavy (non-hydrogen) atoms. The fourth-order valence-corrected chi connectivity index (χ4v) is 4.10. The van der Waals surface area contributed by atoms with E-state index in [0.29, 0.717) is 17.4 Å². The Morgan fingerprint density at radius 1 is 1.03 bits per heavy atom. The van der Waals surface area contributed by atoms with E-state index in [9.17, 15) is 17.6 Å². The number of amides is 1. The van der Waals surface area contributed by atoms with Crippen LogP contribution in [0.4, 0.5) is 10.1 Å².